The number of hydrogen-bond donors (Lipinski definition) is 1. The van der Waals surface area contributed by atoms with Crippen molar-refractivity contribution in [1.29, 1.82) is 0 Å². The smallest absolute Gasteiger partial charge is 0.449 e. The standard InChI is InChI=1S/C17H18F3N3O3/c1-9(2)23-12-6-5-10(8-11(12)21-16(23)17(18,19)20)14(24)22-7-3-4-13(22)15(25)26/h5-6,8-9,13H,3-4,7H2,1-2H3,(H,25,26)/t13-/m1/s1. The van der Waals surface area contributed by atoms with Crippen molar-refractivity contribution in [2.45, 2.75) is 44.9 Å². The average Bonchev–Trinajstić information content (AvgIpc) is 3.17. The summed E-state index contributed by atoms with van der Waals surface area (Å²) in [5, 5.41) is 9.21. The first-order chi connectivity index (χ1) is 12.1. The highest BCUT2D eigenvalue weighted by Gasteiger charge is 2.39. The molecule has 1 N–H and O–H groups in total. The lowest BCUT2D eigenvalue weighted by atomic mass is 10.1. The number of aliphatic carboxylic acids is 1. The topological polar surface area (TPSA) is 75.4 Å². The third-order valence-corrected chi connectivity index (χ3v) is 4.51. The number of likely N-dealkylation sites (tertiary alicyclic amines) is 1. The first-order valence-corrected chi connectivity index (χ1v) is 8.24. The second kappa shape index (κ2) is 6.30. The quantitative estimate of drug-likeness (QED) is 0.901. The van der Waals surface area contributed by atoms with E-state index in [0.29, 0.717) is 19.4 Å². The van der Waals surface area contributed by atoms with Gasteiger partial charge in [0.25, 0.3) is 5.91 Å². The van der Waals surface area contributed by atoms with Crippen molar-refractivity contribution in [1.82, 2.24) is 14.5 Å². The Kier molecular flexibility index (Phi) is 4.41. The lowest BCUT2D eigenvalue weighted by Crippen LogP contribution is -2.40. The fourth-order valence-corrected chi connectivity index (χ4v) is 3.39. The van der Waals surface area contributed by atoms with Crippen LogP contribution in [-0.2, 0) is 11.0 Å². The molecule has 1 aliphatic rings. The molecule has 1 fully saturated rings. The van der Waals surface area contributed by atoms with Gasteiger partial charge in [-0.25, -0.2) is 9.78 Å². The van der Waals surface area contributed by atoms with Crippen LogP contribution in [0.3, 0.4) is 0 Å². The molecule has 9 heteroatoms. The summed E-state index contributed by atoms with van der Waals surface area (Å²) in [7, 11) is 0. The summed E-state index contributed by atoms with van der Waals surface area (Å²) in [5.41, 5.74) is 0.468. The van der Waals surface area contributed by atoms with E-state index in [1.165, 1.54) is 23.1 Å². The number of amides is 1. The zero-order valence-corrected chi connectivity index (χ0v) is 14.2. The van der Waals surface area contributed by atoms with Crippen LogP contribution in [0.4, 0.5) is 13.2 Å². The van der Waals surface area contributed by atoms with Crippen molar-refractivity contribution in [3.63, 3.8) is 0 Å². The molecule has 26 heavy (non-hydrogen) atoms. The second-order valence-corrected chi connectivity index (χ2v) is 6.60. The van der Waals surface area contributed by atoms with Crippen molar-refractivity contribution < 1.29 is 27.9 Å². The molecule has 0 bridgehead atoms. The summed E-state index contributed by atoms with van der Waals surface area (Å²) in [6.07, 6.45) is -3.68. The Balaban J connectivity index is 2.05. The maximum Gasteiger partial charge on any atom is 0.449 e. The molecule has 0 unspecified atom stereocenters. The molecule has 1 amide bonds. The van der Waals surface area contributed by atoms with Crippen molar-refractivity contribution in [2.75, 3.05) is 6.54 Å². The molecule has 1 saturated heterocycles. The zero-order valence-electron chi connectivity index (χ0n) is 14.2. The number of rotatable bonds is 3. The highest BCUT2D eigenvalue weighted by Crippen LogP contribution is 2.34. The lowest BCUT2D eigenvalue weighted by molar-refractivity contribution is -0.147. The van der Waals surface area contributed by atoms with Crippen LogP contribution >= 0.6 is 0 Å². The van der Waals surface area contributed by atoms with E-state index in [2.05, 4.69) is 4.98 Å². The summed E-state index contributed by atoms with van der Waals surface area (Å²) in [6.45, 7) is 3.55. The van der Waals surface area contributed by atoms with Crippen molar-refractivity contribution in [3.8, 4) is 0 Å². The molecule has 3 rings (SSSR count). The van der Waals surface area contributed by atoms with Crippen LogP contribution in [-0.4, -0.2) is 44.0 Å². The van der Waals surface area contributed by atoms with Crippen LogP contribution in [0.15, 0.2) is 18.2 Å². The highest BCUT2D eigenvalue weighted by atomic mass is 19.4. The molecule has 1 aromatic carbocycles. The fourth-order valence-electron chi connectivity index (χ4n) is 3.39. The average molecular weight is 369 g/mol. The number of imidazole rings is 1. The minimum absolute atomic E-state index is 0.0583. The Labute approximate surface area is 147 Å². The van der Waals surface area contributed by atoms with Crippen molar-refractivity contribution >= 4 is 22.9 Å². The molecular formula is C17H18F3N3O3. The first-order valence-electron chi connectivity index (χ1n) is 8.24. The maximum absolute atomic E-state index is 13.3. The van der Waals surface area contributed by atoms with Gasteiger partial charge >= 0.3 is 12.1 Å². The molecule has 0 spiro atoms. The van der Waals surface area contributed by atoms with Gasteiger partial charge in [0.2, 0.25) is 5.82 Å². The number of fused-ring (bicyclic) bond motifs is 1. The summed E-state index contributed by atoms with van der Waals surface area (Å²) >= 11 is 0. The molecule has 1 aliphatic heterocycles. The molecule has 2 aromatic rings. The molecular weight excluding hydrogens is 351 g/mol. The second-order valence-electron chi connectivity index (χ2n) is 6.60. The first kappa shape index (κ1) is 18.2. The van der Waals surface area contributed by atoms with Gasteiger partial charge in [-0.1, -0.05) is 0 Å². The van der Waals surface area contributed by atoms with Gasteiger partial charge in [0.05, 0.1) is 11.0 Å². The van der Waals surface area contributed by atoms with Gasteiger partial charge < -0.3 is 14.6 Å². The summed E-state index contributed by atoms with van der Waals surface area (Å²) in [4.78, 5) is 28.8. The molecule has 0 radical (unpaired) electrons. The van der Waals surface area contributed by atoms with Crippen molar-refractivity contribution in [2.24, 2.45) is 0 Å². The number of nitrogens with zero attached hydrogens (tertiary/aromatic N) is 3. The minimum atomic E-state index is -4.61. The van der Waals surface area contributed by atoms with Gasteiger partial charge in [0, 0.05) is 18.2 Å². The molecule has 1 aromatic heterocycles. The normalized spacial score (nSPS) is 18.1. The monoisotopic (exact) mass is 369 g/mol. The van der Waals surface area contributed by atoms with Gasteiger partial charge in [-0.15, -0.1) is 0 Å². The van der Waals surface area contributed by atoms with Crippen LogP contribution in [0, 0.1) is 0 Å². The van der Waals surface area contributed by atoms with Crippen LogP contribution < -0.4 is 0 Å². The molecule has 2 heterocycles. The molecule has 0 aliphatic carbocycles. The SMILES string of the molecule is CC(C)n1c(C(F)(F)F)nc2cc(C(=O)N3CCC[C@@H]3C(=O)O)ccc21. The largest absolute Gasteiger partial charge is 0.480 e. The summed E-state index contributed by atoms with van der Waals surface area (Å²) in [6, 6.07) is 2.77. The number of aromatic nitrogens is 2. The van der Waals surface area contributed by atoms with Gasteiger partial charge in [-0.3, -0.25) is 4.79 Å². The molecule has 6 nitrogen and oxygen atoms in total. The van der Waals surface area contributed by atoms with E-state index >= 15 is 0 Å². The number of carboxylic acid groups (broad SMARTS) is 1. The Morgan fingerprint density at radius 1 is 1.31 bits per heavy atom. The Bertz CT molecular complexity index is 873. The number of halogens is 3. The fraction of sp³-hybridized carbons (Fsp3) is 0.471. The third kappa shape index (κ3) is 3.02. The zero-order chi connectivity index (χ0) is 19.2. The van der Waals surface area contributed by atoms with E-state index in [1.807, 2.05) is 0 Å². The van der Waals surface area contributed by atoms with Crippen LogP contribution in [0.5, 0.6) is 0 Å². The van der Waals surface area contributed by atoms with E-state index in [4.69, 9.17) is 0 Å². The van der Waals surface area contributed by atoms with E-state index in [0.717, 1.165) is 4.57 Å². The van der Waals surface area contributed by atoms with E-state index < -0.39 is 36.0 Å². The molecule has 1 atom stereocenters. The Hall–Kier alpha value is -2.58. The van der Waals surface area contributed by atoms with Gasteiger partial charge in [0.15, 0.2) is 0 Å². The predicted octanol–water partition coefficient (Wildman–Crippen LogP) is 3.33. The summed E-state index contributed by atoms with van der Waals surface area (Å²) < 4.78 is 40.9. The van der Waals surface area contributed by atoms with Crippen LogP contribution in [0.2, 0.25) is 0 Å². The van der Waals surface area contributed by atoms with Gasteiger partial charge in [0.1, 0.15) is 6.04 Å². The Morgan fingerprint density at radius 2 is 2.00 bits per heavy atom. The van der Waals surface area contributed by atoms with Gasteiger partial charge in [-0.05, 0) is 44.9 Å². The molecule has 140 valence electrons. The number of hydrogen-bond acceptors (Lipinski definition) is 3. The van der Waals surface area contributed by atoms with E-state index in [1.54, 1.807) is 13.8 Å². The Morgan fingerprint density at radius 3 is 2.58 bits per heavy atom. The predicted molar refractivity (Wildman–Crippen MR) is 86.8 cm³/mol. The van der Waals surface area contributed by atoms with E-state index in [9.17, 15) is 27.9 Å². The lowest BCUT2D eigenvalue weighted by Gasteiger charge is -2.21. The van der Waals surface area contributed by atoms with Gasteiger partial charge in [-0.2, -0.15) is 13.2 Å². The number of carbonyl (C=O) groups is 2. The number of alkyl halides is 3. The highest BCUT2D eigenvalue weighted by molar-refractivity contribution is 5.99. The van der Waals surface area contributed by atoms with E-state index in [-0.39, 0.29) is 16.6 Å². The number of benzene rings is 1. The van der Waals surface area contributed by atoms with Crippen LogP contribution in [0.25, 0.3) is 11.0 Å². The summed E-state index contributed by atoms with van der Waals surface area (Å²) in [5.74, 6) is -2.61. The van der Waals surface area contributed by atoms with Crippen molar-refractivity contribution in [3.05, 3.63) is 29.6 Å². The number of carbonyl (C=O) groups excluding carboxylic acids is 1. The third-order valence-electron chi connectivity index (χ3n) is 4.51. The van der Waals surface area contributed by atoms with Crippen LogP contribution in [0.1, 0.15) is 48.9 Å². The maximum atomic E-state index is 13.3. The number of carboxylic acids is 1. The molecule has 0 saturated carbocycles. The minimum Gasteiger partial charge on any atom is -0.480 e.